The summed E-state index contributed by atoms with van der Waals surface area (Å²) in [6, 6.07) is 5.07. The largest absolute Gasteiger partial charge is 0.497 e. The summed E-state index contributed by atoms with van der Waals surface area (Å²) < 4.78 is 10.5. The van der Waals surface area contributed by atoms with Crippen LogP contribution in [0.1, 0.15) is 39.5 Å². The minimum Gasteiger partial charge on any atom is -0.497 e. The lowest BCUT2D eigenvalue weighted by Crippen LogP contribution is -2.37. The van der Waals surface area contributed by atoms with Crippen LogP contribution in [0.5, 0.6) is 11.5 Å². The zero-order valence-corrected chi connectivity index (χ0v) is 16.1. The molecule has 0 aliphatic rings. The molecule has 25 heavy (non-hydrogen) atoms. The third-order valence-electron chi connectivity index (χ3n) is 4.02. The Hall–Kier alpha value is -1.95. The quantitative estimate of drug-likeness (QED) is 0.602. The first kappa shape index (κ1) is 21.1. The van der Waals surface area contributed by atoms with Crippen LogP contribution in [0.4, 0.5) is 10.5 Å². The lowest BCUT2D eigenvalue weighted by atomic mass is 10.2. The van der Waals surface area contributed by atoms with Gasteiger partial charge in [-0.1, -0.05) is 26.7 Å². The molecule has 0 heterocycles. The molecule has 1 rings (SSSR count). The fraction of sp³-hybridized carbons (Fsp3) is 0.632. The summed E-state index contributed by atoms with van der Waals surface area (Å²) in [7, 11) is 3.16. The first-order valence-electron chi connectivity index (χ1n) is 9.13. The number of carbonyl (C=O) groups excluding carboxylic acids is 1. The van der Waals surface area contributed by atoms with E-state index >= 15 is 0 Å². The highest BCUT2D eigenvalue weighted by Crippen LogP contribution is 2.28. The first-order valence-corrected chi connectivity index (χ1v) is 9.13. The van der Waals surface area contributed by atoms with Gasteiger partial charge in [-0.25, -0.2) is 4.79 Å². The van der Waals surface area contributed by atoms with Crippen LogP contribution in [0.2, 0.25) is 0 Å². The van der Waals surface area contributed by atoms with Crippen molar-refractivity contribution in [1.29, 1.82) is 0 Å². The second-order valence-corrected chi connectivity index (χ2v) is 6.00. The van der Waals surface area contributed by atoms with Crippen LogP contribution < -0.4 is 20.1 Å². The Morgan fingerprint density at radius 1 is 1.04 bits per heavy atom. The first-order chi connectivity index (χ1) is 12.1. The molecule has 0 saturated heterocycles. The summed E-state index contributed by atoms with van der Waals surface area (Å²) >= 11 is 0. The van der Waals surface area contributed by atoms with Gasteiger partial charge in [0.05, 0.1) is 19.9 Å². The van der Waals surface area contributed by atoms with Crippen molar-refractivity contribution in [2.45, 2.75) is 39.5 Å². The van der Waals surface area contributed by atoms with E-state index < -0.39 is 0 Å². The molecule has 0 saturated carbocycles. The number of unbranched alkanes of at least 4 members (excludes halogenated alkanes) is 2. The zero-order valence-electron chi connectivity index (χ0n) is 16.1. The van der Waals surface area contributed by atoms with E-state index in [0.717, 1.165) is 19.6 Å². The summed E-state index contributed by atoms with van der Waals surface area (Å²) in [5, 5.41) is 5.74. The number of methoxy groups -OCH3 is 2. The highest BCUT2D eigenvalue weighted by Gasteiger charge is 2.09. The molecule has 0 unspecified atom stereocenters. The number of anilines is 1. The Bertz CT molecular complexity index is 501. The monoisotopic (exact) mass is 351 g/mol. The number of ether oxygens (including phenoxy) is 2. The number of benzene rings is 1. The number of nitrogens with one attached hydrogen (secondary N) is 2. The van der Waals surface area contributed by atoms with Crippen LogP contribution in [0.25, 0.3) is 0 Å². The number of carbonyl (C=O) groups is 1. The molecule has 0 spiro atoms. The van der Waals surface area contributed by atoms with Gasteiger partial charge in [0.25, 0.3) is 0 Å². The normalized spacial score (nSPS) is 10.6. The van der Waals surface area contributed by atoms with Crippen molar-refractivity contribution in [1.82, 2.24) is 10.2 Å². The van der Waals surface area contributed by atoms with E-state index in [0.29, 0.717) is 23.7 Å². The number of hydrogen-bond donors (Lipinski definition) is 2. The number of nitrogens with zero attached hydrogens (tertiary/aromatic N) is 1. The molecule has 0 aliphatic carbocycles. The Kier molecular flexibility index (Phi) is 10.5. The van der Waals surface area contributed by atoms with Gasteiger partial charge in [-0.2, -0.15) is 0 Å². The van der Waals surface area contributed by atoms with Crippen molar-refractivity contribution in [3.8, 4) is 11.5 Å². The third kappa shape index (κ3) is 8.12. The maximum absolute atomic E-state index is 12.2. The lowest BCUT2D eigenvalue weighted by molar-refractivity contribution is 0.242. The molecular formula is C19H33N3O3. The second-order valence-electron chi connectivity index (χ2n) is 6.00. The maximum Gasteiger partial charge on any atom is 0.319 e. The van der Waals surface area contributed by atoms with Crippen molar-refractivity contribution < 1.29 is 14.3 Å². The lowest BCUT2D eigenvalue weighted by Gasteiger charge is -2.22. The predicted molar refractivity (Wildman–Crippen MR) is 103 cm³/mol. The highest BCUT2D eigenvalue weighted by molar-refractivity contribution is 5.91. The standard InChI is InChI=1S/C19H33N3O3/c1-5-7-12-22(13-8-6-2)14-11-20-19(23)21-17-15-16(24-3)9-10-18(17)25-4/h9-10,15H,5-8,11-14H2,1-4H3,(H2,20,21,23). The Morgan fingerprint density at radius 2 is 1.72 bits per heavy atom. The van der Waals surface area contributed by atoms with E-state index in [9.17, 15) is 4.79 Å². The predicted octanol–water partition coefficient (Wildman–Crippen LogP) is 3.73. The molecule has 2 N–H and O–H groups in total. The summed E-state index contributed by atoms with van der Waals surface area (Å²) in [5.41, 5.74) is 0.591. The second kappa shape index (κ2) is 12.4. The third-order valence-corrected chi connectivity index (χ3v) is 4.02. The van der Waals surface area contributed by atoms with E-state index in [-0.39, 0.29) is 6.03 Å². The van der Waals surface area contributed by atoms with Crippen LogP contribution in [0.3, 0.4) is 0 Å². The van der Waals surface area contributed by atoms with Crippen molar-refractivity contribution in [3.63, 3.8) is 0 Å². The Morgan fingerprint density at radius 3 is 2.28 bits per heavy atom. The fourth-order valence-electron chi connectivity index (χ4n) is 2.50. The van der Waals surface area contributed by atoms with Gasteiger partial charge >= 0.3 is 6.03 Å². The van der Waals surface area contributed by atoms with Crippen LogP contribution in [-0.2, 0) is 0 Å². The Labute approximate surface area is 151 Å². The topological polar surface area (TPSA) is 62.8 Å². The van der Waals surface area contributed by atoms with Crippen molar-refractivity contribution in [2.75, 3.05) is 45.7 Å². The number of rotatable bonds is 12. The minimum absolute atomic E-state index is 0.238. The molecule has 6 nitrogen and oxygen atoms in total. The van der Waals surface area contributed by atoms with Gasteiger partial charge in [0, 0.05) is 19.2 Å². The SMILES string of the molecule is CCCCN(CCCC)CCNC(=O)Nc1cc(OC)ccc1OC. The van der Waals surface area contributed by atoms with Gasteiger partial charge in [-0.3, -0.25) is 0 Å². The van der Waals surface area contributed by atoms with Crippen LogP contribution in [-0.4, -0.2) is 51.3 Å². The summed E-state index contributed by atoms with van der Waals surface area (Å²) in [4.78, 5) is 14.6. The van der Waals surface area contributed by atoms with E-state index in [1.807, 2.05) is 0 Å². The van der Waals surface area contributed by atoms with Gasteiger partial charge in [-0.15, -0.1) is 0 Å². The molecule has 142 valence electrons. The molecule has 0 bridgehead atoms. The average Bonchev–Trinajstić information content (AvgIpc) is 2.63. The summed E-state index contributed by atoms with van der Waals surface area (Å²) in [6.07, 6.45) is 4.76. The minimum atomic E-state index is -0.238. The molecule has 0 aromatic heterocycles. The average molecular weight is 351 g/mol. The van der Waals surface area contributed by atoms with E-state index in [1.54, 1.807) is 32.4 Å². The molecule has 1 aromatic carbocycles. The van der Waals surface area contributed by atoms with Crippen LogP contribution in [0.15, 0.2) is 18.2 Å². The Balaban J connectivity index is 2.47. The molecule has 6 heteroatoms. The number of hydrogen-bond acceptors (Lipinski definition) is 4. The fourth-order valence-corrected chi connectivity index (χ4v) is 2.50. The summed E-state index contributed by atoms with van der Waals surface area (Å²) in [6.45, 7) is 8.05. The molecule has 0 atom stereocenters. The van der Waals surface area contributed by atoms with Gasteiger partial charge < -0.3 is 25.0 Å². The van der Waals surface area contributed by atoms with Crippen LogP contribution >= 0.6 is 0 Å². The molecular weight excluding hydrogens is 318 g/mol. The molecule has 1 aromatic rings. The van der Waals surface area contributed by atoms with Gasteiger partial charge in [-0.05, 0) is 38.1 Å². The smallest absolute Gasteiger partial charge is 0.319 e. The van der Waals surface area contributed by atoms with Crippen molar-refractivity contribution >= 4 is 11.7 Å². The molecule has 0 radical (unpaired) electrons. The summed E-state index contributed by atoms with van der Waals surface area (Å²) in [5.74, 6) is 1.27. The molecule has 0 fully saturated rings. The zero-order chi connectivity index (χ0) is 18.5. The van der Waals surface area contributed by atoms with E-state index in [4.69, 9.17) is 9.47 Å². The maximum atomic E-state index is 12.2. The van der Waals surface area contributed by atoms with Crippen molar-refractivity contribution in [3.05, 3.63) is 18.2 Å². The number of amides is 2. The van der Waals surface area contributed by atoms with Crippen molar-refractivity contribution in [2.24, 2.45) is 0 Å². The number of urea groups is 1. The van der Waals surface area contributed by atoms with E-state index in [2.05, 4.69) is 29.4 Å². The highest BCUT2D eigenvalue weighted by atomic mass is 16.5. The molecule has 2 amide bonds. The van der Waals surface area contributed by atoms with Gasteiger partial charge in [0.1, 0.15) is 11.5 Å². The van der Waals surface area contributed by atoms with Crippen LogP contribution in [0, 0.1) is 0 Å². The van der Waals surface area contributed by atoms with Gasteiger partial charge in [0.15, 0.2) is 0 Å². The van der Waals surface area contributed by atoms with Gasteiger partial charge in [0.2, 0.25) is 0 Å². The molecule has 0 aliphatic heterocycles. The van der Waals surface area contributed by atoms with E-state index in [1.165, 1.54) is 25.7 Å².